The van der Waals surface area contributed by atoms with Crippen LogP contribution in [0.5, 0.6) is 5.75 Å². The zero-order valence-corrected chi connectivity index (χ0v) is 18.4. The molecule has 0 unspecified atom stereocenters. The number of benzene rings is 1. The van der Waals surface area contributed by atoms with Crippen LogP contribution in [-0.2, 0) is 19.4 Å². The monoisotopic (exact) mass is 416 g/mol. The highest BCUT2D eigenvalue weighted by Crippen LogP contribution is 2.42. The second-order valence-corrected chi connectivity index (χ2v) is 10.6. The lowest BCUT2D eigenvalue weighted by molar-refractivity contribution is 0.00320. The maximum absolute atomic E-state index is 12.6. The van der Waals surface area contributed by atoms with Gasteiger partial charge < -0.3 is 14.5 Å². The molecule has 0 atom stereocenters. The quantitative estimate of drug-likeness (QED) is 0.698. The standard InChI is InChI=1S/C23H29ClN2O3/c1-22(2)9-13(10-23(3,4)25-22)26-11-17-19-16(8-18(24)20(17)28-12-26)14-6-5-7-15(14)21(27)29-19/h8,13,25H,5-7,9-12H2,1-4H3. The van der Waals surface area contributed by atoms with E-state index < -0.39 is 0 Å². The molecule has 1 aliphatic carbocycles. The zero-order valence-electron chi connectivity index (χ0n) is 17.7. The lowest BCUT2D eigenvalue weighted by Gasteiger charge is -2.50. The van der Waals surface area contributed by atoms with E-state index in [1.807, 2.05) is 6.07 Å². The van der Waals surface area contributed by atoms with Gasteiger partial charge in [0.15, 0.2) is 0 Å². The largest absolute Gasteiger partial charge is 0.476 e. The van der Waals surface area contributed by atoms with Gasteiger partial charge in [-0.2, -0.15) is 0 Å². The normalized spacial score (nSPS) is 23.6. The van der Waals surface area contributed by atoms with E-state index in [9.17, 15) is 4.79 Å². The topological polar surface area (TPSA) is 54.7 Å². The van der Waals surface area contributed by atoms with Gasteiger partial charge in [-0.05, 0) is 71.4 Å². The molecule has 156 valence electrons. The first kappa shape index (κ1) is 19.4. The Bertz CT molecular complexity index is 1040. The predicted molar refractivity (Wildman–Crippen MR) is 115 cm³/mol. The number of hydrogen-bond donors (Lipinski definition) is 1. The Hall–Kier alpha value is -1.56. The first-order valence-corrected chi connectivity index (χ1v) is 11.0. The minimum Gasteiger partial charge on any atom is -0.476 e. The Balaban J connectivity index is 1.58. The van der Waals surface area contributed by atoms with Crippen LogP contribution in [0.3, 0.4) is 0 Å². The van der Waals surface area contributed by atoms with Crippen molar-refractivity contribution in [3.8, 4) is 5.75 Å². The summed E-state index contributed by atoms with van der Waals surface area (Å²) in [6.45, 7) is 10.2. The average Bonchev–Trinajstić information content (AvgIpc) is 3.11. The summed E-state index contributed by atoms with van der Waals surface area (Å²) in [5.41, 5.74) is 3.42. The van der Waals surface area contributed by atoms with Crippen molar-refractivity contribution in [3.63, 3.8) is 0 Å². The summed E-state index contributed by atoms with van der Waals surface area (Å²) >= 11 is 6.61. The Morgan fingerprint density at radius 3 is 2.52 bits per heavy atom. The minimum absolute atomic E-state index is 0.0521. The smallest absolute Gasteiger partial charge is 0.339 e. The third-order valence-corrected chi connectivity index (χ3v) is 6.97. The molecule has 5 nitrogen and oxygen atoms in total. The van der Waals surface area contributed by atoms with Gasteiger partial charge in [0.1, 0.15) is 18.1 Å². The van der Waals surface area contributed by atoms with Gasteiger partial charge in [-0.25, -0.2) is 4.79 Å². The fourth-order valence-corrected chi connectivity index (χ4v) is 6.16. The number of aryl methyl sites for hydroxylation is 1. The van der Waals surface area contributed by atoms with Gasteiger partial charge in [0.25, 0.3) is 0 Å². The van der Waals surface area contributed by atoms with Crippen LogP contribution in [0.2, 0.25) is 5.02 Å². The Labute approximate surface area is 176 Å². The number of nitrogens with zero attached hydrogens (tertiary/aromatic N) is 1. The lowest BCUT2D eigenvalue weighted by atomic mass is 9.79. The van der Waals surface area contributed by atoms with E-state index in [0.717, 1.165) is 54.2 Å². The number of fused-ring (bicyclic) bond motifs is 5. The zero-order chi connectivity index (χ0) is 20.6. The molecule has 0 amide bonds. The van der Waals surface area contributed by atoms with Crippen molar-refractivity contribution >= 4 is 22.6 Å². The van der Waals surface area contributed by atoms with Crippen molar-refractivity contribution in [2.75, 3.05) is 6.73 Å². The molecule has 29 heavy (non-hydrogen) atoms. The highest BCUT2D eigenvalue weighted by Gasteiger charge is 2.41. The van der Waals surface area contributed by atoms with Crippen LogP contribution in [0.4, 0.5) is 0 Å². The molecular formula is C23H29ClN2O3. The number of rotatable bonds is 1. The Morgan fingerprint density at radius 1 is 1.10 bits per heavy atom. The Morgan fingerprint density at radius 2 is 1.79 bits per heavy atom. The van der Waals surface area contributed by atoms with Crippen LogP contribution in [0.1, 0.15) is 63.6 Å². The molecule has 1 N–H and O–H groups in total. The summed E-state index contributed by atoms with van der Waals surface area (Å²) in [4.78, 5) is 15.0. The van der Waals surface area contributed by atoms with Crippen LogP contribution < -0.4 is 15.7 Å². The molecule has 0 saturated carbocycles. The molecule has 2 aliphatic heterocycles. The summed E-state index contributed by atoms with van der Waals surface area (Å²) in [6.07, 6.45) is 4.77. The number of piperidine rings is 1. The lowest BCUT2D eigenvalue weighted by Crippen LogP contribution is -2.62. The van der Waals surface area contributed by atoms with Crippen LogP contribution in [0.25, 0.3) is 11.0 Å². The highest BCUT2D eigenvalue weighted by molar-refractivity contribution is 6.33. The number of nitrogens with one attached hydrogen (secondary N) is 1. The van der Waals surface area contributed by atoms with E-state index in [0.29, 0.717) is 35.7 Å². The molecule has 1 aromatic heterocycles. The summed E-state index contributed by atoms with van der Waals surface area (Å²) in [7, 11) is 0. The van der Waals surface area contributed by atoms with E-state index >= 15 is 0 Å². The molecule has 3 aliphatic rings. The first-order chi connectivity index (χ1) is 13.6. The van der Waals surface area contributed by atoms with Crippen molar-refractivity contribution in [1.29, 1.82) is 0 Å². The van der Waals surface area contributed by atoms with E-state index in [4.69, 9.17) is 20.8 Å². The molecule has 0 radical (unpaired) electrons. The minimum atomic E-state index is -0.198. The third-order valence-electron chi connectivity index (χ3n) is 6.69. The fourth-order valence-electron chi connectivity index (χ4n) is 5.89. The van der Waals surface area contributed by atoms with Gasteiger partial charge in [0, 0.05) is 34.6 Å². The first-order valence-electron chi connectivity index (χ1n) is 10.6. The summed E-state index contributed by atoms with van der Waals surface area (Å²) in [6, 6.07) is 2.31. The molecule has 5 rings (SSSR count). The third kappa shape index (κ3) is 3.28. The van der Waals surface area contributed by atoms with Crippen molar-refractivity contribution in [2.45, 2.75) is 83.5 Å². The summed E-state index contributed by atoms with van der Waals surface area (Å²) < 4.78 is 12.0. The molecule has 1 fully saturated rings. The second kappa shape index (κ2) is 6.47. The van der Waals surface area contributed by atoms with E-state index in [1.54, 1.807) is 0 Å². The Kier molecular flexibility index (Phi) is 4.33. The summed E-state index contributed by atoms with van der Waals surface area (Å²) in [5.74, 6) is 0.670. The molecule has 1 aromatic carbocycles. The number of hydrogen-bond acceptors (Lipinski definition) is 5. The van der Waals surface area contributed by atoms with Crippen LogP contribution in [0.15, 0.2) is 15.3 Å². The molecule has 1 saturated heterocycles. The maximum Gasteiger partial charge on any atom is 0.339 e. The van der Waals surface area contributed by atoms with E-state index in [1.165, 1.54) is 0 Å². The number of ether oxygens (including phenoxy) is 1. The van der Waals surface area contributed by atoms with Gasteiger partial charge in [-0.15, -0.1) is 0 Å². The molecular weight excluding hydrogens is 388 g/mol. The fraction of sp³-hybridized carbons (Fsp3) is 0.609. The second-order valence-electron chi connectivity index (χ2n) is 10.2. The van der Waals surface area contributed by atoms with Gasteiger partial charge >= 0.3 is 5.63 Å². The summed E-state index contributed by atoms with van der Waals surface area (Å²) in [5, 5.41) is 5.34. The number of halogens is 1. The SMILES string of the molecule is CC1(C)CC(N2COc3c(Cl)cc4c5c(c(=O)oc4c3C2)CCC5)CC(C)(C)N1. The van der Waals surface area contributed by atoms with Crippen molar-refractivity contribution in [2.24, 2.45) is 0 Å². The van der Waals surface area contributed by atoms with Crippen molar-refractivity contribution in [3.05, 3.63) is 38.2 Å². The molecule has 6 heteroatoms. The van der Waals surface area contributed by atoms with Gasteiger partial charge in [0.05, 0.1) is 10.6 Å². The molecule has 3 heterocycles. The highest BCUT2D eigenvalue weighted by atomic mass is 35.5. The van der Waals surface area contributed by atoms with Gasteiger partial charge in [-0.3, -0.25) is 4.90 Å². The average molecular weight is 417 g/mol. The van der Waals surface area contributed by atoms with E-state index in [-0.39, 0.29) is 16.7 Å². The van der Waals surface area contributed by atoms with Crippen LogP contribution >= 0.6 is 11.6 Å². The predicted octanol–water partition coefficient (Wildman–Crippen LogP) is 4.40. The van der Waals surface area contributed by atoms with Crippen LogP contribution in [-0.4, -0.2) is 28.8 Å². The molecule has 0 spiro atoms. The van der Waals surface area contributed by atoms with E-state index in [2.05, 4.69) is 37.9 Å². The van der Waals surface area contributed by atoms with Crippen molar-refractivity contribution < 1.29 is 9.15 Å². The maximum atomic E-state index is 12.6. The van der Waals surface area contributed by atoms with Gasteiger partial charge in [0.2, 0.25) is 0 Å². The van der Waals surface area contributed by atoms with Crippen LogP contribution in [0, 0.1) is 0 Å². The molecule has 0 bridgehead atoms. The molecule has 2 aromatic rings. The van der Waals surface area contributed by atoms with Gasteiger partial charge in [-0.1, -0.05) is 11.6 Å². The van der Waals surface area contributed by atoms with Crippen molar-refractivity contribution in [1.82, 2.24) is 10.2 Å².